The number of hydrogen-bond donors (Lipinski definition) is 0. The van der Waals surface area contributed by atoms with Crippen molar-refractivity contribution in [2.45, 2.75) is 28.0 Å². The van der Waals surface area contributed by atoms with E-state index >= 15 is 0 Å². The normalized spacial score (nSPS) is 14.5. The van der Waals surface area contributed by atoms with Gasteiger partial charge in [0.15, 0.2) is 0 Å². The number of rotatable bonds is 4. The van der Waals surface area contributed by atoms with Crippen molar-refractivity contribution in [1.82, 2.24) is 0 Å². The Balaban J connectivity index is 5.46. The molecule has 0 saturated carbocycles. The molecule has 0 aliphatic carbocycles. The zero-order valence-corrected chi connectivity index (χ0v) is 14.7. The summed E-state index contributed by atoms with van der Waals surface area (Å²) in [6, 6.07) is 0. The average Bonchev–Trinajstić information content (AvgIpc) is 1.99. The number of halogens is 4. The van der Waals surface area contributed by atoms with E-state index in [0.29, 0.717) is 11.0 Å². The molecule has 94 valence electrons. The average molecular weight is 369 g/mol. The Labute approximate surface area is 119 Å². The van der Waals surface area contributed by atoms with Crippen LogP contribution in [0.5, 0.6) is 0 Å². The van der Waals surface area contributed by atoms with Crippen LogP contribution in [0.25, 0.3) is 0 Å². The van der Waals surface area contributed by atoms with Gasteiger partial charge < -0.3 is 0 Å². The Bertz CT molecular complexity index is 302. The van der Waals surface area contributed by atoms with E-state index in [9.17, 15) is 4.79 Å². The van der Waals surface area contributed by atoms with E-state index in [2.05, 4.69) is 0 Å². The van der Waals surface area contributed by atoms with Gasteiger partial charge in [0.05, 0.1) is 0 Å². The van der Waals surface area contributed by atoms with Crippen molar-refractivity contribution in [2.24, 2.45) is 0 Å². The van der Waals surface area contributed by atoms with Crippen molar-refractivity contribution < 1.29 is 9.53 Å². The zero-order chi connectivity index (χ0) is 13.1. The summed E-state index contributed by atoms with van der Waals surface area (Å²) < 4.78 is 3.53. The van der Waals surface area contributed by atoms with Crippen LogP contribution in [0.1, 0.15) is 6.92 Å². The fraction of sp³-hybridized carbons (Fsp3) is 0.667. The first-order valence-electron chi connectivity index (χ1n) is 4.66. The van der Waals surface area contributed by atoms with E-state index in [0.717, 1.165) is 0 Å². The Morgan fingerprint density at radius 3 is 1.94 bits per heavy atom. The quantitative estimate of drug-likeness (QED) is 0.320. The zero-order valence-electron chi connectivity index (χ0n) is 9.54. The van der Waals surface area contributed by atoms with Gasteiger partial charge in [0, 0.05) is 0 Å². The molecule has 0 aliphatic heterocycles. The van der Waals surface area contributed by atoms with Crippen LogP contribution in [-0.2, 0) is 9.53 Å². The summed E-state index contributed by atoms with van der Waals surface area (Å²) in [6.45, 7) is 2.14. The molecule has 0 aromatic heterocycles. The van der Waals surface area contributed by atoms with Crippen LogP contribution in [0.3, 0.4) is 0 Å². The maximum atomic E-state index is 12.0. The summed E-state index contributed by atoms with van der Waals surface area (Å²) in [4.78, 5) is 12.0. The molecule has 2 nitrogen and oxygen atoms in total. The van der Waals surface area contributed by atoms with E-state index < -0.39 is 22.8 Å². The number of hydrogen-bond acceptors (Lipinski definition) is 2. The molecule has 0 spiro atoms. The van der Waals surface area contributed by atoms with Gasteiger partial charge in [0.2, 0.25) is 0 Å². The van der Waals surface area contributed by atoms with Gasteiger partial charge in [-0.1, -0.05) is 0 Å². The van der Waals surface area contributed by atoms with Gasteiger partial charge in [0.1, 0.15) is 0 Å². The van der Waals surface area contributed by atoms with E-state index in [1.807, 2.05) is 17.3 Å². The number of ether oxygens (including phenoxy) is 1. The molecule has 0 rings (SSSR count). The van der Waals surface area contributed by atoms with Gasteiger partial charge in [-0.25, -0.2) is 0 Å². The molecule has 16 heavy (non-hydrogen) atoms. The third kappa shape index (κ3) is 5.05. The van der Waals surface area contributed by atoms with Crippen LogP contribution in [0, 0.1) is 0 Å². The Morgan fingerprint density at radius 1 is 1.25 bits per heavy atom. The van der Waals surface area contributed by atoms with Crippen molar-refractivity contribution in [3.8, 4) is 0 Å². The van der Waals surface area contributed by atoms with Crippen molar-refractivity contribution in [3.05, 3.63) is 9.62 Å². The first kappa shape index (κ1) is 16.9. The molecule has 0 N–H and O–H groups in total. The number of allylic oxidation sites excluding steroid dienone is 1. The molecule has 0 bridgehead atoms. The van der Waals surface area contributed by atoms with Gasteiger partial charge in [-0.05, 0) is 0 Å². The van der Waals surface area contributed by atoms with Crippen molar-refractivity contribution in [3.63, 3.8) is 0 Å². The Morgan fingerprint density at radius 2 is 1.69 bits per heavy atom. The number of ketones is 1. The number of alkyl halides is 3. The fourth-order valence-electron chi connectivity index (χ4n) is 1.07. The summed E-state index contributed by atoms with van der Waals surface area (Å²) >= 11 is 20.2. The van der Waals surface area contributed by atoms with Gasteiger partial charge in [-0.3, -0.25) is 0 Å². The molecule has 0 radical (unpaired) electrons. The predicted octanol–water partition coefficient (Wildman–Crippen LogP) is 4.29. The first-order valence-corrected chi connectivity index (χ1v) is 13.5. The molecule has 0 heterocycles. The second-order valence-corrected chi connectivity index (χ2v) is 17.3. The molecular formula is C9H14Cl4GeO2. The van der Waals surface area contributed by atoms with E-state index in [1.54, 1.807) is 6.92 Å². The van der Waals surface area contributed by atoms with Crippen LogP contribution in [0.2, 0.25) is 17.3 Å². The molecule has 0 atom stereocenters. The molecule has 0 aromatic rings. The number of Topliss-reactive ketones (excluding diaryl/α,β-unsaturated/α-hetero) is 1. The summed E-state index contributed by atoms with van der Waals surface area (Å²) in [6.07, 6.45) is 0. The number of carbonyl (C=O) groups excluding carboxylic acids is 1. The summed E-state index contributed by atoms with van der Waals surface area (Å²) in [5.41, 5.74) is 0. The minimum absolute atomic E-state index is 0.0614. The van der Waals surface area contributed by atoms with Gasteiger partial charge in [-0.15, -0.1) is 0 Å². The minimum atomic E-state index is -2.56. The second-order valence-electron chi connectivity index (χ2n) is 4.16. The van der Waals surface area contributed by atoms with Crippen LogP contribution in [-0.4, -0.2) is 29.4 Å². The maximum absolute atomic E-state index is 12.0. The summed E-state index contributed by atoms with van der Waals surface area (Å²) in [7, 11) is 0. The third-order valence-corrected chi connectivity index (χ3v) is 6.95. The van der Waals surface area contributed by atoms with Gasteiger partial charge in [0.25, 0.3) is 0 Å². The van der Waals surface area contributed by atoms with E-state index in [1.165, 1.54) is 0 Å². The van der Waals surface area contributed by atoms with Crippen LogP contribution in [0.4, 0.5) is 0 Å². The van der Waals surface area contributed by atoms with Crippen LogP contribution >= 0.6 is 46.4 Å². The van der Waals surface area contributed by atoms with Crippen molar-refractivity contribution >= 4 is 65.5 Å². The molecule has 0 saturated heterocycles. The van der Waals surface area contributed by atoms with Gasteiger partial charge in [-0.2, -0.15) is 0 Å². The molecule has 0 amide bonds. The first-order chi connectivity index (χ1) is 7.01. The SMILES string of the molecule is CCO/C(Cl)=[C](/C(=O)C(Cl)(Cl)Cl)[Ge]([CH3])([CH3])[CH3]. The monoisotopic (exact) mass is 368 g/mol. The fourth-order valence-corrected chi connectivity index (χ4v) is 6.73. The molecule has 0 aromatic carbocycles. The Hall–Kier alpha value is 0.913. The van der Waals surface area contributed by atoms with Crippen LogP contribution < -0.4 is 0 Å². The van der Waals surface area contributed by atoms with Gasteiger partial charge >= 0.3 is 119 Å². The van der Waals surface area contributed by atoms with Crippen molar-refractivity contribution in [1.29, 1.82) is 0 Å². The Kier molecular flexibility index (Phi) is 6.54. The van der Waals surface area contributed by atoms with Crippen molar-refractivity contribution in [2.75, 3.05) is 6.61 Å². The second kappa shape index (κ2) is 6.19. The molecule has 7 heteroatoms. The molecule has 0 aliphatic rings. The molecular weight excluding hydrogens is 355 g/mol. The van der Waals surface area contributed by atoms with Crippen LogP contribution in [0.15, 0.2) is 9.62 Å². The molecule has 0 fully saturated rings. The van der Waals surface area contributed by atoms with E-state index in [-0.39, 0.29) is 5.22 Å². The molecule has 0 unspecified atom stereocenters. The predicted molar refractivity (Wildman–Crippen MR) is 73.1 cm³/mol. The standard InChI is InChI=1S/C9H14Cl4GeO2/c1-5-16-8(10)6(14(2,3)4)7(15)9(11,12)13/h5H2,1-4H3/b8-6-. The summed E-state index contributed by atoms with van der Waals surface area (Å²) in [5.74, 6) is 5.35. The topological polar surface area (TPSA) is 26.3 Å². The van der Waals surface area contributed by atoms with E-state index in [4.69, 9.17) is 51.1 Å². The summed E-state index contributed by atoms with van der Waals surface area (Å²) in [5, 5.41) is 0.0614. The number of carbonyl (C=O) groups is 1. The third-order valence-electron chi connectivity index (χ3n) is 1.70.